The van der Waals surface area contributed by atoms with Gasteiger partial charge >= 0.3 is 6.03 Å². The lowest BCUT2D eigenvalue weighted by Gasteiger charge is -2.20. The molecule has 2 aromatic carbocycles. The number of rotatable bonds is 11. The van der Waals surface area contributed by atoms with Crippen LogP contribution in [-0.4, -0.2) is 52.1 Å². The number of hydrogen-bond donors (Lipinski definition) is 2. The second kappa shape index (κ2) is 11.7. The first-order valence-corrected chi connectivity index (χ1v) is 10.7. The summed E-state index contributed by atoms with van der Waals surface area (Å²) in [5, 5.41) is 7.98. The lowest BCUT2D eigenvalue weighted by Crippen LogP contribution is -2.40. The standard InChI is InChI=1S/C24H28N4O7/c1-31-19-12-16(13-20(32-2)23(19)33-3)22-18(14-35-27-22)15-7-5-8-17(11-15)28(34-4)24(30)26-10-6-9-21(25)29/h5,7-8,11-14H,6,9-10H2,1-4H3,(H2,25,29)(H,26,30). The lowest BCUT2D eigenvalue weighted by molar-refractivity contribution is -0.118. The van der Waals surface area contributed by atoms with Crippen LogP contribution in [0.4, 0.5) is 10.5 Å². The molecule has 1 heterocycles. The number of nitrogens with zero attached hydrogens (tertiary/aromatic N) is 2. The Morgan fingerprint density at radius 2 is 1.74 bits per heavy atom. The van der Waals surface area contributed by atoms with Gasteiger partial charge in [0.05, 0.1) is 34.1 Å². The smallest absolute Gasteiger partial charge is 0.346 e. The number of primary amides is 1. The van der Waals surface area contributed by atoms with E-state index in [0.29, 0.717) is 46.2 Å². The third-order valence-electron chi connectivity index (χ3n) is 5.14. The summed E-state index contributed by atoms with van der Waals surface area (Å²) in [6, 6.07) is 10.2. The molecule has 0 atom stereocenters. The van der Waals surface area contributed by atoms with E-state index in [9.17, 15) is 9.59 Å². The number of nitrogens with two attached hydrogens (primary N) is 1. The number of nitrogens with one attached hydrogen (secondary N) is 1. The molecule has 0 aliphatic carbocycles. The van der Waals surface area contributed by atoms with E-state index in [4.69, 9.17) is 29.3 Å². The van der Waals surface area contributed by atoms with Crippen LogP contribution in [0.25, 0.3) is 22.4 Å². The maximum atomic E-state index is 12.6. The van der Waals surface area contributed by atoms with Gasteiger partial charge in [0.1, 0.15) is 12.0 Å². The van der Waals surface area contributed by atoms with E-state index in [1.165, 1.54) is 34.7 Å². The van der Waals surface area contributed by atoms with Crippen molar-refractivity contribution in [2.75, 3.05) is 40.0 Å². The summed E-state index contributed by atoms with van der Waals surface area (Å²) in [6.07, 6.45) is 2.12. The van der Waals surface area contributed by atoms with E-state index in [2.05, 4.69) is 10.5 Å². The number of urea groups is 1. The van der Waals surface area contributed by atoms with Crippen molar-refractivity contribution in [3.05, 3.63) is 42.7 Å². The third-order valence-corrected chi connectivity index (χ3v) is 5.14. The molecule has 0 saturated heterocycles. The minimum absolute atomic E-state index is 0.181. The van der Waals surface area contributed by atoms with Crippen LogP contribution in [0.2, 0.25) is 0 Å². The molecule has 0 spiro atoms. The molecule has 3 N–H and O–H groups in total. The van der Waals surface area contributed by atoms with Crippen molar-refractivity contribution in [2.24, 2.45) is 5.73 Å². The maximum absolute atomic E-state index is 12.6. The highest BCUT2D eigenvalue weighted by molar-refractivity contribution is 5.91. The van der Waals surface area contributed by atoms with Gasteiger partial charge in [0, 0.05) is 24.1 Å². The van der Waals surface area contributed by atoms with Crippen molar-refractivity contribution in [1.82, 2.24) is 10.5 Å². The number of carbonyl (C=O) groups excluding carboxylic acids is 2. The first-order valence-electron chi connectivity index (χ1n) is 10.7. The summed E-state index contributed by atoms with van der Waals surface area (Å²) < 4.78 is 21.6. The van der Waals surface area contributed by atoms with Gasteiger partial charge in [0.15, 0.2) is 11.5 Å². The zero-order chi connectivity index (χ0) is 25.4. The summed E-state index contributed by atoms with van der Waals surface area (Å²) in [5.74, 6) is 0.988. The maximum Gasteiger partial charge on any atom is 0.346 e. The van der Waals surface area contributed by atoms with E-state index in [0.717, 1.165) is 10.6 Å². The summed E-state index contributed by atoms with van der Waals surface area (Å²) in [5.41, 5.74) is 8.25. The minimum Gasteiger partial charge on any atom is -0.493 e. The number of aromatic nitrogens is 1. The van der Waals surface area contributed by atoms with E-state index in [1.807, 2.05) is 6.07 Å². The zero-order valence-corrected chi connectivity index (χ0v) is 20.0. The summed E-state index contributed by atoms with van der Waals surface area (Å²) in [7, 11) is 5.98. The van der Waals surface area contributed by atoms with Crippen LogP contribution in [0.15, 0.2) is 47.2 Å². The molecule has 0 unspecified atom stereocenters. The molecule has 3 amide bonds. The molecule has 35 heavy (non-hydrogen) atoms. The molecule has 0 saturated carbocycles. The number of hydrogen-bond acceptors (Lipinski definition) is 8. The van der Waals surface area contributed by atoms with Gasteiger partial charge < -0.3 is 29.8 Å². The molecule has 0 aliphatic heterocycles. The summed E-state index contributed by atoms with van der Waals surface area (Å²) >= 11 is 0. The number of hydroxylamine groups is 1. The Labute approximate surface area is 202 Å². The van der Waals surface area contributed by atoms with Crippen molar-refractivity contribution < 1.29 is 33.2 Å². The van der Waals surface area contributed by atoms with Gasteiger partial charge in [-0.05, 0) is 36.2 Å². The Morgan fingerprint density at radius 3 is 2.34 bits per heavy atom. The molecule has 1 aromatic heterocycles. The van der Waals surface area contributed by atoms with Gasteiger partial charge in [-0.2, -0.15) is 5.06 Å². The number of ether oxygens (including phenoxy) is 3. The highest BCUT2D eigenvalue weighted by Crippen LogP contribution is 2.43. The summed E-state index contributed by atoms with van der Waals surface area (Å²) in [6.45, 7) is 0.276. The van der Waals surface area contributed by atoms with Crippen LogP contribution >= 0.6 is 0 Å². The Morgan fingerprint density at radius 1 is 1.03 bits per heavy atom. The van der Waals surface area contributed by atoms with Crippen molar-refractivity contribution in [3.63, 3.8) is 0 Å². The predicted octanol–water partition coefficient (Wildman–Crippen LogP) is 3.38. The van der Waals surface area contributed by atoms with Crippen LogP contribution in [0, 0.1) is 0 Å². The fourth-order valence-electron chi connectivity index (χ4n) is 3.50. The number of anilines is 1. The van der Waals surface area contributed by atoms with Crippen molar-refractivity contribution >= 4 is 17.6 Å². The molecule has 11 heteroatoms. The Balaban J connectivity index is 1.91. The number of benzene rings is 2. The van der Waals surface area contributed by atoms with Crippen molar-refractivity contribution in [1.29, 1.82) is 0 Å². The van der Waals surface area contributed by atoms with Crippen LogP contribution in [0.5, 0.6) is 17.2 Å². The fourth-order valence-corrected chi connectivity index (χ4v) is 3.50. The third kappa shape index (κ3) is 5.82. The van der Waals surface area contributed by atoms with Crippen LogP contribution in [0.1, 0.15) is 12.8 Å². The molecule has 186 valence electrons. The average molecular weight is 485 g/mol. The number of methoxy groups -OCH3 is 3. The Hall–Kier alpha value is -4.25. The van der Waals surface area contributed by atoms with Crippen LogP contribution in [0.3, 0.4) is 0 Å². The van der Waals surface area contributed by atoms with Crippen LogP contribution < -0.4 is 30.3 Å². The second-order valence-corrected chi connectivity index (χ2v) is 7.32. The molecule has 3 rings (SSSR count). The summed E-state index contributed by atoms with van der Waals surface area (Å²) in [4.78, 5) is 28.8. The van der Waals surface area contributed by atoms with Gasteiger partial charge in [0.2, 0.25) is 11.7 Å². The molecule has 3 aromatic rings. The quantitative estimate of drug-likeness (QED) is 0.312. The van der Waals surface area contributed by atoms with Crippen molar-refractivity contribution in [2.45, 2.75) is 12.8 Å². The fraction of sp³-hybridized carbons (Fsp3) is 0.292. The molecule has 11 nitrogen and oxygen atoms in total. The Kier molecular flexibility index (Phi) is 8.52. The topological polar surface area (TPSA) is 138 Å². The van der Waals surface area contributed by atoms with Gasteiger partial charge in [0.25, 0.3) is 0 Å². The molecule has 0 fully saturated rings. The van der Waals surface area contributed by atoms with Crippen LogP contribution in [-0.2, 0) is 9.63 Å². The first kappa shape index (κ1) is 25.4. The SMILES string of the molecule is COc1cc(-c2nocc2-c2cccc(N(OC)C(=O)NCCCC(N)=O)c2)cc(OC)c1OC. The van der Waals surface area contributed by atoms with E-state index in [1.54, 1.807) is 30.3 Å². The molecular weight excluding hydrogens is 456 g/mol. The highest BCUT2D eigenvalue weighted by atomic mass is 16.7. The average Bonchev–Trinajstić information content (AvgIpc) is 3.36. The monoisotopic (exact) mass is 484 g/mol. The second-order valence-electron chi connectivity index (χ2n) is 7.32. The number of carbonyl (C=O) groups is 2. The van der Waals surface area contributed by atoms with E-state index < -0.39 is 11.9 Å². The Bertz CT molecular complexity index is 1150. The van der Waals surface area contributed by atoms with Gasteiger partial charge in [-0.15, -0.1) is 0 Å². The highest BCUT2D eigenvalue weighted by Gasteiger charge is 2.21. The van der Waals surface area contributed by atoms with E-state index >= 15 is 0 Å². The lowest BCUT2D eigenvalue weighted by atomic mass is 10.0. The predicted molar refractivity (Wildman–Crippen MR) is 128 cm³/mol. The van der Waals surface area contributed by atoms with Gasteiger partial charge in [-0.1, -0.05) is 17.3 Å². The largest absolute Gasteiger partial charge is 0.493 e. The zero-order valence-electron chi connectivity index (χ0n) is 20.0. The number of amides is 3. The van der Waals surface area contributed by atoms with Crippen molar-refractivity contribution in [3.8, 4) is 39.6 Å². The van der Waals surface area contributed by atoms with E-state index in [-0.39, 0.29) is 13.0 Å². The first-order chi connectivity index (χ1) is 16.9. The minimum atomic E-state index is -0.482. The molecule has 0 bridgehead atoms. The molecule has 0 radical (unpaired) electrons. The van der Waals surface area contributed by atoms with Gasteiger partial charge in [-0.25, -0.2) is 4.79 Å². The molecular formula is C24H28N4O7. The molecule has 0 aliphatic rings. The van der Waals surface area contributed by atoms with Gasteiger partial charge in [-0.3, -0.25) is 9.63 Å². The normalized spacial score (nSPS) is 10.5.